The maximum Gasteiger partial charge on any atom is 0.266 e. The minimum absolute atomic E-state index is 0.00355. The van der Waals surface area contributed by atoms with E-state index in [9.17, 15) is 4.79 Å². The van der Waals surface area contributed by atoms with Crippen molar-refractivity contribution >= 4 is 39.0 Å². The molecule has 0 bridgehead atoms. The molecule has 0 aliphatic carbocycles. The van der Waals surface area contributed by atoms with Crippen molar-refractivity contribution < 1.29 is 4.79 Å². The van der Waals surface area contributed by atoms with Crippen LogP contribution >= 0.6 is 11.3 Å². The quantitative estimate of drug-likeness (QED) is 0.775. The number of pyridine rings is 2. The first-order valence-corrected chi connectivity index (χ1v) is 8.64. The van der Waals surface area contributed by atoms with Crippen molar-refractivity contribution in [2.24, 2.45) is 0 Å². The third-order valence-electron chi connectivity index (χ3n) is 4.24. The van der Waals surface area contributed by atoms with Crippen LogP contribution in [0.3, 0.4) is 0 Å². The van der Waals surface area contributed by atoms with Gasteiger partial charge >= 0.3 is 0 Å². The van der Waals surface area contributed by atoms with Gasteiger partial charge in [0.1, 0.15) is 15.5 Å². The summed E-state index contributed by atoms with van der Waals surface area (Å²) in [6.07, 6.45) is 3.51. The summed E-state index contributed by atoms with van der Waals surface area (Å²) in [4.78, 5) is 26.9. The zero-order valence-electron chi connectivity index (χ0n) is 13.1. The first-order valence-electron chi connectivity index (χ1n) is 7.82. The molecule has 1 fully saturated rings. The van der Waals surface area contributed by atoms with Crippen LogP contribution in [0.1, 0.15) is 9.67 Å². The van der Waals surface area contributed by atoms with E-state index < -0.39 is 0 Å². The Morgan fingerprint density at radius 2 is 1.83 bits per heavy atom. The van der Waals surface area contributed by atoms with E-state index in [4.69, 9.17) is 5.73 Å². The third kappa shape index (κ3) is 2.56. The van der Waals surface area contributed by atoms with Gasteiger partial charge in [-0.05, 0) is 24.3 Å². The first-order chi connectivity index (χ1) is 11.7. The van der Waals surface area contributed by atoms with Gasteiger partial charge in [0.25, 0.3) is 5.91 Å². The van der Waals surface area contributed by atoms with Crippen LogP contribution in [0.25, 0.3) is 10.2 Å². The normalized spacial score (nSPS) is 15.0. The molecule has 7 heteroatoms. The second-order valence-corrected chi connectivity index (χ2v) is 6.67. The van der Waals surface area contributed by atoms with Gasteiger partial charge in [-0.25, -0.2) is 9.97 Å². The molecule has 1 saturated heterocycles. The van der Waals surface area contributed by atoms with Gasteiger partial charge in [0.15, 0.2) is 0 Å². The molecule has 3 aromatic rings. The number of carbonyl (C=O) groups excluding carboxylic acids is 1. The van der Waals surface area contributed by atoms with Gasteiger partial charge in [-0.15, -0.1) is 11.3 Å². The van der Waals surface area contributed by atoms with Crippen LogP contribution in [0.4, 0.5) is 11.5 Å². The first kappa shape index (κ1) is 14.9. The Bertz CT molecular complexity index is 871. The summed E-state index contributed by atoms with van der Waals surface area (Å²) in [6, 6.07) is 9.62. The van der Waals surface area contributed by atoms with Crippen molar-refractivity contribution in [3.63, 3.8) is 0 Å². The topological polar surface area (TPSA) is 75.4 Å². The Hall–Kier alpha value is -2.67. The predicted octanol–water partition coefficient (Wildman–Crippen LogP) is 2.24. The van der Waals surface area contributed by atoms with E-state index in [1.807, 2.05) is 35.2 Å². The Labute approximate surface area is 143 Å². The Morgan fingerprint density at radius 1 is 1.04 bits per heavy atom. The van der Waals surface area contributed by atoms with E-state index >= 15 is 0 Å². The number of thiophene rings is 1. The molecule has 122 valence electrons. The van der Waals surface area contributed by atoms with Crippen LogP contribution in [0.15, 0.2) is 42.7 Å². The van der Waals surface area contributed by atoms with Gasteiger partial charge in [-0.1, -0.05) is 6.07 Å². The molecule has 1 amide bonds. The number of hydrogen-bond acceptors (Lipinski definition) is 6. The molecule has 0 aromatic carbocycles. The Balaban J connectivity index is 1.51. The van der Waals surface area contributed by atoms with Crippen molar-refractivity contribution in [2.45, 2.75) is 0 Å². The molecule has 1 aliphatic heterocycles. The summed E-state index contributed by atoms with van der Waals surface area (Å²) in [5, 5.41) is 0.859. The van der Waals surface area contributed by atoms with Gasteiger partial charge in [0, 0.05) is 44.0 Å². The molecule has 0 spiro atoms. The zero-order chi connectivity index (χ0) is 16.5. The number of carbonyl (C=O) groups is 1. The molecule has 1 aliphatic rings. The standard InChI is InChI=1S/C17H17N5OS/c18-14-12-4-3-7-20-16(12)24-15(14)17(23)22-10-8-21(9-11-22)13-5-1-2-6-19-13/h1-7H,8-11,18H2. The molecule has 6 nitrogen and oxygen atoms in total. The second-order valence-electron chi connectivity index (χ2n) is 5.67. The third-order valence-corrected chi connectivity index (χ3v) is 5.36. The van der Waals surface area contributed by atoms with E-state index in [0.717, 1.165) is 29.1 Å². The smallest absolute Gasteiger partial charge is 0.266 e. The monoisotopic (exact) mass is 339 g/mol. The van der Waals surface area contributed by atoms with Gasteiger partial charge in [0.2, 0.25) is 0 Å². The fourth-order valence-corrected chi connectivity index (χ4v) is 3.96. The zero-order valence-corrected chi connectivity index (χ0v) is 13.9. The van der Waals surface area contributed by atoms with Crippen molar-refractivity contribution in [1.29, 1.82) is 0 Å². The van der Waals surface area contributed by atoms with E-state index in [2.05, 4.69) is 14.9 Å². The summed E-state index contributed by atoms with van der Waals surface area (Å²) in [7, 11) is 0. The van der Waals surface area contributed by atoms with Crippen molar-refractivity contribution in [3.05, 3.63) is 47.6 Å². The van der Waals surface area contributed by atoms with E-state index in [0.29, 0.717) is 23.7 Å². The lowest BCUT2D eigenvalue weighted by Gasteiger charge is -2.35. The molecule has 0 atom stereocenters. The van der Waals surface area contributed by atoms with Gasteiger partial charge in [-0.3, -0.25) is 4.79 Å². The minimum atomic E-state index is -0.00355. The molecule has 0 unspecified atom stereocenters. The van der Waals surface area contributed by atoms with E-state index in [1.165, 1.54) is 11.3 Å². The number of rotatable bonds is 2. The summed E-state index contributed by atoms with van der Waals surface area (Å²) >= 11 is 1.37. The van der Waals surface area contributed by atoms with Crippen molar-refractivity contribution in [1.82, 2.24) is 14.9 Å². The number of piperazine rings is 1. The average molecular weight is 339 g/mol. The average Bonchev–Trinajstić information content (AvgIpc) is 2.99. The van der Waals surface area contributed by atoms with E-state index in [-0.39, 0.29) is 5.91 Å². The summed E-state index contributed by atoms with van der Waals surface area (Å²) in [6.45, 7) is 2.87. The highest BCUT2D eigenvalue weighted by molar-refractivity contribution is 7.21. The molecule has 2 N–H and O–H groups in total. The summed E-state index contributed by atoms with van der Waals surface area (Å²) in [5.41, 5.74) is 6.71. The van der Waals surface area contributed by atoms with Gasteiger partial charge in [-0.2, -0.15) is 0 Å². The number of amides is 1. The van der Waals surface area contributed by atoms with Crippen LogP contribution in [-0.4, -0.2) is 47.0 Å². The molecule has 0 radical (unpaired) electrons. The molecule has 0 saturated carbocycles. The van der Waals surface area contributed by atoms with Crippen LogP contribution in [0.5, 0.6) is 0 Å². The number of aromatic nitrogens is 2. The summed E-state index contributed by atoms with van der Waals surface area (Å²) < 4.78 is 0. The molecule has 4 rings (SSSR count). The van der Waals surface area contributed by atoms with Gasteiger partial charge in [0.05, 0.1) is 5.69 Å². The highest BCUT2D eigenvalue weighted by Crippen LogP contribution is 2.33. The molecular formula is C17H17N5OS. The lowest BCUT2D eigenvalue weighted by atomic mass is 10.2. The van der Waals surface area contributed by atoms with Crippen molar-refractivity contribution in [3.8, 4) is 0 Å². The number of nitrogens with zero attached hydrogens (tertiary/aromatic N) is 4. The SMILES string of the molecule is Nc1c(C(=O)N2CCN(c3ccccn3)CC2)sc2ncccc12. The lowest BCUT2D eigenvalue weighted by Crippen LogP contribution is -2.49. The fraction of sp³-hybridized carbons (Fsp3) is 0.235. The Kier molecular flexibility index (Phi) is 3.78. The molecular weight excluding hydrogens is 322 g/mol. The maximum atomic E-state index is 12.8. The number of fused-ring (bicyclic) bond motifs is 1. The molecule has 24 heavy (non-hydrogen) atoms. The summed E-state index contributed by atoms with van der Waals surface area (Å²) in [5.74, 6) is 0.950. The Morgan fingerprint density at radius 3 is 2.54 bits per heavy atom. The lowest BCUT2D eigenvalue weighted by molar-refractivity contribution is 0.0752. The molecule has 3 aromatic heterocycles. The van der Waals surface area contributed by atoms with Crippen molar-refractivity contribution in [2.75, 3.05) is 36.8 Å². The fourth-order valence-electron chi connectivity index (χ4n) is 2.93. The van der Waals surface area contributed by atoms with E-state index in [1.54, 1.807) is 12.4 Å². The van der Waals surface area contributed by atoms with Crippen LogP contribution in [-0.2, 0) is 0 Å². The predicted molar refractivity (Wildman–Crippen MR) is 96.4 cm³/mol. The number of nitrogens with two attached hydrogens (primary N) is 1. The number of anilines is 2. The highest BCUT2D eigenvalue weighted by Gasteiger charge is 2.26. The highest BCUT2D eigenvalue weighted by atomic mass is 32.1. The minimum Gasteiger partial charge on any atom is -0.397 e. The number of nitrogen functional groups attached to an aromatic ring is 1. The van der Waals surface area contributed by atoms with Crippen LogP contribution in [0.2, 0.25) is 0 Å². The second kappa shape index (κ2) is 6.09. The number of hydrogen-bond donors (Lipinski definition) is 1. The largest absolute Gasteiger partial charge is 0.397 e. The van der Waals surface area contributed by atoms with Gasteiger partial charge < -0.3 is 15.5 Å². The maximum absolute atomic E-state index is 12.8. The van der Waals surface area contributed by atoms with Crippen LogP contribution < -0.4 is 10.6 Å². The van der Waals surface area contributed by atoms with Crippen LogP contribution in [0, 0.1) is 0 Å². The molecule has 4 heterocycles.